The molecule has 0 N–H and O–H groups in total. The molecule has 62 valence electrons. The zero-order valence-electron chi connectivity index (χ0n) is 6.85. The van der Waals surface area contributed by atoms with E-state index in [9.17, 15) is 0 Å². The Labute approximate surface area is 78.3 Å². The maximum absolute atomic E-state index is 3.79. The number of hydrogen-bond donors (Lipinski definition) is 0. The van der Waals surface area contributed by atoms with E-state index < -0.39 is 6.69 Å². The Hall–Kier alpha value is -0.0831. The highest BCUT2D eigenvalue weighted by molar-refractivity contribution is 9.26. The first-order valence-corrected chi connectivity index (χ1v) is 8.58. The third kappa shape index (κ3) is 4.38. The van der Waals surface area contributed by atoms with Crippen LogP contribution in [0.4, 0.5) is 0 Å². The summed E-state index contributed by atoms with van der Waals surface area (Å²) in [6, 6.07) is 3.26. The van der Waals surface area contributed by atoms with E-state index in [1.807, 2.05) is 18.2 Å². The van der Waals surface area contributed by atoms with Crippen molar-refractivity contribution in [2.75, 3.05) is 0 Å². The summed E-state index contributed by atoms with van der Waals surface area (Å²) >= 11 is 3.79. The molecule has 0 aliphatic heterocycles. The summed E-state index contributed by atoms with van der Waals surface area (Å²) < 4.78 is 0. The summed E-state index contributed by atoms with van der Waals surface area (Å²) in [6.07, 6.45) is 5.94. The van der Waals surface area contributed by atoms with Crippen LogP contribution in [0.3, 0.4) is 0 Å². The zero-order chi connectivity index (χ0) is 8.74. The van der Waals surface area contributed by atoms with Crippen molar-refractivity contribution >= 4 is 22.0 Å². The maximum atomic E-state index is 3.79. The van der Waals surface area contributed by atoms with E-state index in [2.05, 4.69) is 35.0 Å². The molecule has 0 heterocycles. The molecule has 0 aromatic carbocycles. The van der Waals surface area contributed by atoms with Crippen molar-refractivity contribution in [2.24, 2.45) is 0 Å². The molecule has 0 fully saturated rings. The van der Waals surface area contributed by atoms with E-state index in [1.54, 1.807) is 0 Å². The zero-order valence-corrected chi connectivity index (χ0v) is 9.44. The molecule has 0 saturated carbocycles. The number of rotatable bonds is 6. The molecule has 0 amide bonds. The quantitative estimate of drug-likeness (QED) is 0.369. The van der Waals surface area contributed by atoms with Gasteiger partial charge in [-0.3, -0.25) is 0 Å². The van der Waals surface area contributed by atoms with Gasteiger partial charge in [-0.05, 0) is 18.1 Å². The Morgan fingerprint density at radius 1 is 0.909 bits per heavy atom. The van der Waals surface area contributed by atoms with Gasteiger partial charge in [0.1, 0.15) is 6.69 Å². The van der Waals surface area contributed by atoms with E-state index >= 15 is 0 Å². The van der Waals surface area contributed by atoms with E-state index in [1.165, 1.54) is 0 Å². The lowest BCUT2D eigenvalue weighted by Crippen LogP contribution is -2.22. The minimum absolute atomic E-state index is 1.09. The van der Waals surface area contributed by atoms with Gasteiger partial charge < -0.3 is 0 Å². The van der Waals surface area contributed by atoms with Crippen LogP contribution in [0.1, 0.15) is 0 Å². The third-order valence-electron chi connectivity index (χ3n) is 1.53. The fourth-order valence-electron chi connectivity index (χ4n) is 1.03. The standard InChI is InChI=1S/C9H15BrSi/c1-4-7-11(10,8-5-2)9-6-3/h4-6H,1-3,7-9H2. The van der Waals surface area contributed by atoms with Gasteiger partial charge in [-0.15, -0.1) is 35.0 Å². The van der Waals surface area contributed by atoms with Crippen molar-refractivity contribution in [2.45, 2.75) is 18.1 Å². The van der Waals surface area contributed by atoms with E-state index in [-0.39, 0.29) is 0 Å². The number of hydrogen-bond acceptors (Lipinski definition) is 0. The Morgan fingerprint density at radius 2 is 1.18 bits per heavy atom. The van der Waals surface area contributed by atoms with Crippen LogP contribution >= 0.6 is 15.3 Å². The molecule has 0 aliphatic rings. The average Bonchev–Trinajstić information content (AvgIpc) is 1.88. The van der Waals surface area contributed by atoms with Crippen LogP contribution in [-0.4, -0.2) is 6.69 Å². The number of halogens is 1. The van der Waals surface area contributed by atoms with Crippen molar-refractivity contribution in [3.63, 3.8) is 0 Å². The summed E-state index contributed by atoms with van der Waals surface area (Å²) in [5.74, 6) is 0. The second-order valence-corrected chi connectivity index (χ2v) is 11.2. The predicted molar refractivity (Wildman–Crippen MR) is 59.7 cm³/mol. The molecule has 0 rings (SSSR count). The van der Waals surface area contributed by atoms with Crippen molar-refractivity contribution < 1.29 is 0 Å². The monoisotopic (exact) mass is 230 g/mol. The fourth-order valence-corrected chi connectivity index (χ4v) is 5.14. The Balaban J connectivity index is 4.09. The molecule has 0 bridgehead atoms. The van der Waals surface area contributed by atoms with E-state index in [0.29, 0.717) is 0 Å². The van der Waals surface area contributed by atoms with Gasteiger partial charge in [0.2, 0.25) is 0 Å². The van der Waals surface area contributed by atoms with Crippen molar-refractivity contribution in [1.29, 1.82) is 0 Å². The lowest BCUT2D eigenvalue weighted by atomic mass is 10.7. The predicted octanol–water partition coefficient (Wildman–Crippen LogP) is 3.88. The van der Waals surface area contributed by atoms with Crippen molar-refractivity contribution in [3.05, 3.63) is 38.0 Å². The lowest BCUT2D eigenvalue weighted by molar-refractivity contribution is 1.43. The van der Waals surface area contributed by atoms with Crippen LogP contribution < -0.4 is 0 Å². The fraction of sp³-hybridized carbons (Fsp3) is 0.333. The minimum atomic E-state index is -1.29. The first-order valence-electron chi connectivity index (χ1n) is 3.70. The normalized spacial score (nSPS) is 10.6. The lowest BCUT2D eigenvalue weighted by Gasteiger charge is -2.19. The molecule has 0 saturated heterocycles. The number of allylic oxidation sites excluding steroid dienone is 3. The Bertz CT molecular complexity index is 125. The smallest absolute Gasteiger partial charge is 0.125 e. The summed E-state index contributed by atoms with van der Waals surface area (Å²) in [4.78, 5) is 0. The molecule has 11 heavy (non-hydrogen) atoms. The van der Waals surface area contributed by atoms with Crippen molar-refractivity contribution in [1.82, 2.24) is 0 Å². The second-order valence-electron chi connectivity index (χ2n) is 2.63. The van der Waals surface area contributed by atoms with Gasteiger partial charge in [0.15, 0.2) is 0 Å². The third-order valence-corrected chi connectivity index (χ3v) is 7.51. The Kier molecular flexibility index (Phi) is 5.51. The minimum Gasteiger partial charge on any atom is -0.125 e. The SMILES string of the molecule is C=CC[Si](Br)(CC=C)CC=C. The maximum Gasteiger partial charge on any atom is 0.141 e. The van der Waals surface area contributed by atoms with E-state index in [0.717, 1.165) is 18.1 Å². The van der Waals surface area contributed by atoms with Gasteiger partial charge in [0.05, 0.1) is 0 Å². The van der Waals surface area contributed by atoms with E-state index in [4.69, 9.17) is 0 Å². The van der Waals surface area contributed by atoms with Gasteiger partial charge in [0, 0.05) is 0 Å². The van der Waals surface area contributed by atoms with Gasteiger partial charge in [0.25, 0.3) is 0 Å². The van der Waals surface area contributed by atoms with Crippen LogP contribution in [0.5, 0.6) is 0 Å². The highest BCUT2D eigenvalue weighted by Crippen LogP contribution is 2.28. The van der Waals surface area contributed by atoms with Crippen LogP contribution in [0.2, 0.25) is 18.1 Å². The summed E-state index contributed by atoms with van der Waals surface area (Å²) in [7, 11) is 0. The molecule has 0 nitrogen and oxygen atoms in total. The molecule has 0 aromatic rings. The van der Waals surface area contributed by atoms with Crippen LogP contribution in [0.15, 0.2) is 38.0 Å². The van der Waals surface area contributed by atoms with Crippen molar-refractivity contribution in [3.8, 4) is 0 Å². The van der Waals surface area contributed by atoms with Gasteiger partial charge in [-0.2, -0.15) is 0 Å². The summed E-state index contributed by atoms with van der Waals surface area (Å²) in [6.45, 7) is 9.95. The highest BCUT2D eigenvalue weighted by atomic mass is 79.9. The first kappa shape index (κ1) is 10.9. The molecule has 0 spiro atoms. The molecule has 0 unspecified atom stereocenters. The topological polar surface area (TPSA) is 0 Å². The molecule has 0 aromatic heterocycles. The van der Waals surface area contributed by atoms with Gasteiger partial charge in [-0.25, -0.2) is 0 Å². The molecular formula is C9H15BrSi. The van der Waals surface area contributed by atoms with Gasteiger partial charge in [-0.1, -0.05) is 18.2 Å². The molecular weight excluding hydrogens is 216 g/mol. The molecule has 2 heteroatoms. The summed E-state index contributed by atoms with van der Waals surface area (Å²) in [5, 5.41) is 0. The molecule has 0 radical (unpaired) electrons. The summed E-state index contributed by atoms with van der Waals surface area (Å²) in [5.41, 5.74) is 0. The van der Waals surface area contributed by atoms with Gasteiger partial charge >= 0.3 is 0 Å². The first-order chi connectivity index (χ1) is 5.18. The van der Waals surface area contributed by atoms with Crippen LogP contribution in [-0.2, 0) is 0 Å². The largest absolute Gasteiger partial charge is 0.141 e. The van der Waals surface area contributed by atoms with Crippen LogP contribution in [0.25, 0.3) is 0 Å². The Morgan fingerprint density at radius 3 is 1.36 bits per heavy atom. The second kappa shape index (κ2) is 5.55. The average molecular weight is 231 g/mol. The highest BCUT2D eigenvalue weighted by Gasteiger charge is 2.24. The molecule has 0 atom stereocenters. The molecule has 0 aliphatic carbocycles. The van der Waals surface area contributed by atoms with Crippen LogP contribution in [0, 0.1) is 0 Å².